The molecule has 0 aliphatic carbocycles. The molecule has 0 aromatic rings. The molecule has 1 atom stereocenters. The minimum atomic E-state index is -2.83. The van der Waals surface area contributed by atoms with E-state index in [0.717, 1.165) is 38.5 Å². The van der Waals surface area contributed by atoms with E-state index in [-0.39, 0.29) is 0 Å². The van der Waals surface area contributed by atoms with Gasteiger partial charge in [0.05, 0.1) is 5.75 Å². The summed E-state index contributed by atoms with van der Waals surface area (Å²) < 4.78 is 23.7. The van der Waals surface area contributed by atoms with Crippen molar-refractivity contribution >= 4 is 9.84 Å². The highest BCUT2D eigenvalue weighted by Crippen LogP contribution is 2.29. The predicted molar refractivity (Wildman–Crippen MR) is 79.1 cm³/mol. The minimum Gasteiger partial charge on any atom is -0.317 e. The highest BCUT2D eigenvalue weighted by atomic mass is 32.2. The second-order valence-electron chi connectivity index (χ2n) is 5.98. The van der Waals surface area contributed by atoms with E-state index in [1.807, 2.05) is 6.92 Å². The quantitative estimate of drug-likeness (QED) is 0.800. The van der Waals surface area contributed by atoms with Gasteiger partial charge in [-0.25, -0.2) is 8.42 Å². The molecule has 0 amide bonds. The van der Waals surface area contributed by atoms with E-state index in [0.29, 0.717) is 17.5 Å². The van der Waals surface area contributed by atoms with Crippen LogP contribution in [0.1, 0.15) is 39.0 Å². The van der Waals surface area contributed by atoms with Gasteiger partial charge >= 0.3 is 0 Å². The highest BCUT2D eigenvalue weighted by molar-refractivity contribution is 7.91. The molecule has 0 spiro atoms. The van der Waals surface area contributed by atoms with Gasteiger partial charge < -0.3 is 5.32 Å². The van der Waals surface area contributed by atoms with Crippen molar-refractivity contribution in [2.24, 2.45) is 5.92 Å². The molecule has 2 fully saturated rings. The zero-order valence-electron chi connectivity index (χ0n) is 12.1. The largest absolute Gasteiger partial charge is 0.317 e. The minimum absolute atomic E-state index is 0.346. The molecule has 1 N–H and O–H groups in total. The van der Waals surface area contributed by atoms with Crippen molar-refractivity contribution < 1.29 is 8.42 Å². The fraction of sp³-hybridized carbons (Fsp3) is 1.00. The lowest BCUT2D eigenvalue weighted by Crippen LogP contribution is -2.42. The number of hydrogen-bond acceptors (Lipinski definition) is 4. The number of nitrogens with zero attached hydrogens (tertiary/aromatic N) is 1. The zero-order chi connectivity index (χ0) is 13.7. The maximum atomic E-state index is 11.8. The molecule has 2 aliphatic heterocycles. The Bertz CT molecular complexity index is 364. The highest BCUT2D eigenvalue weighted by Gasteiger charge is 2.32. The van der Waals surface area contributed by atoms with Crippen LogP contribution in [0.4, 0.5) is 0 Å². The van der Waals surface area contributed by atoms with Gasteiger partial charge in [0.1, 0.15) is 0 Å². The molecule has 0 radical (unpaired) electrons. The van der Waals surface area contributed by atoms with Gasteiger partial charge in [-0.15, -0.1) is 0 Å². The molecule has 2 aliphatic rings. The maximum absolute atomic E-state index is 11.8. The summed E-state index contributed by atoms with van der Waals surface area (Å²) in [5.41, 5.74) is 0. The Morgan fingerprint density at radius 1 is 1.16 bits per heavy atom. The average Bonchev–Trinajstić information content (AvgIpc) is 2.86. The van der Waals surface area contributed by atoms with Crippen LogP contribution in [0.2, 0.25) is 0 Å². The van der Waals surface area contributed by atoms with Crippen molar-refractivity contribution in [3.05, 3.63) is 0 Å². The third-order valence-corrected chi connectivity index (χ3v) is 6.38. The van der Waals surface area contributed by atoms with E-state index in [1.54, 1.807) is 0 Å². The van der Waals surface area contributed by atoms with Gasteiger partial charge in [0, 0.05) is 18.3 Å². The molecule has 0 aromatic heterocycles. The lowest BCUT2D eigenvalue weighted by Gasteiger charge is -2.34. The van der Waals surface area contributed by atoms with Gasteiger partial charge in [-0.1, -0.05) is 6.92 Å². The van der Waals surface area contributed by atoms with E-state index >= 15 is 0 Å². The Labute approximate surface area is 117 Å². The molecule has 19 heavy (non-hydrogen) atoms. The van der Waals surface area contributed by atoms with Crippen LogP contribution < -0.4 is 5.32 Å². The molecule has 0 aromatic carbocycles. The van der Waals surface area contributed by atoms with Gasteiger partial charge in [-0.3, -0.25) is 4.90 Å². The summed E-state index contributed by atoms with van der Waals surface area (Å²) in [6.45, 7) is 6.03. The van der Waals surface area contributed by atoms with E-state index in [1.165, 1.54) is 25.7 Å². The smallest absolute Gasteiger partial charge is 0.151 e. The van der Waals surface area contributed by atoms with E-state index in [2.05, 4.69) is 10.2 Å². The van der Waals surface area contributed by atoms with Crippen molar-refractivity contribution in [3.63, 3.8) is 0 Å². The molecular formula is C14H28N2O2S. The van der Waals surface area contributed by atoms with Crippen LogP contribution in [0.25, 0.3) is 0 Å². The van der Waals surface area contributed by atoms with Crippen LogP contribution in [-0.2, 0) is 9.84 Å². The van der Waals surface area contributed by atoms with Gasteiger partial charge in [-0.05, 0) is 57.7 Å². The molecule has 2 rings (SSSR count). The molecule has 5 heteroatoms. The van der Waals surface area contributed by atoms with Crippen molar-refractivity contribution in [3.8, 4) is 0 Å². The molecule has 4 nitrogen and oxygen atoms in total. The third-order valence-electron chi connectivity index (χ3n) is 4.55. The summed E-state index contributed by atoms with van der Waals surface area (Å²) in [7, 11) is -2.83. The van der Waals surface area contributed by atoms with Crippen LogP contribution in [0.3, 0.4) is 0 Å². The van der Waals surface area contributed by atoms with Crippen LogP contribution in [0.5, 0.6) is 0 Å². The second-order valence-corrected chi connectivity index (χ2v) is 8.29. The van der Waals surface area contributed by atoms with Crippen molar-refractivity contribution in [2.45, 2.75) is 45.1 Å². The number of sulfone groups is 1. The number of nitrogens with one attached hydrogen (secondary N) is 1. The molecule has 0 saturated carbocycles. The number of rotatable bonds is 6. The number of likely N-dealkylation sites (tertiary alicyclic amines) is 1. The first-order chi connectivity index (χ1) is 9.12. The number of piperidine rings is 1. The Kier molecular flexibility index (Phi) is 5.66. The summed E-state index contributed by atoms with van der Waals surface area (Å²) in [5.74, 6) is 1.47. The standard InChI is InChI=1S/C14H28N2O2S/c1-2-11-19(17,18)12-10-16-9-3-4-14(16)13-5-7-15-8-6-13/h13-15H,2-12H2,1H3. The van der Waals surface area contributed by atoms with Crippen molar-refractivity contribution in [1.29, 1.82) is 0 Å². The first-order valence-electron chi connectivity index (χ1n) is 7.77. The molecular weight excluding hydrogens is 260 g/mol. The Morgan fingerprint density at radius 3 is 2.58 bits per heavy atom. The Morgan fingerprint density at radius 2 is 1.89 bits per heavy atom. The lowest BCUT2D eigenvalue weighted by molar-refractivity contribution is 0.170. The zero-order valence-corrected chi connectivity index (χ0v) is 12.9. The molecule has 2 saturated heterocycles. The van der Waals surface area contributed by atoms with Gasteiger partial charge in [0.2, 0.25) is 0 Å². The van der Waals surface area contributed by atoms with E-state index < -0.39 is 9.84 Å². The Hall–Kier alpha value is -0.130. The van der Waals surface area contributed by atoms with Gasteiger partial charge in [-0.2, -0.15) is 0 Å². The van der Waals surface area contributed by atoms with E-state index in [4.69, 9.17) is 0 Å². The van der Waals surface area contributed by atoms with Crippen LogP contribution in [0.15, 0.2) is 0 Å². The van der Waals surface area contributed by atoms with Gasteiger partial charge in [0.25, 0.3) is 0 Å². The summed E-state index contributed by atoms with van der Waals surface area (Å²) in [6, 6.07) is 0.638. The number of hydrogen-bond donors (Lipinski definition) is 1. The first-order valence-corrected chi connectivity index (χ1v) is 9.59. The summed E-state index contributed by atoms with van der Waals surface area (Å²) in [5, 5.41) is 3.41. The van der Waals surface area contributed by atoms with Crippen LogP contribution in [-0.4, -0.2) is 57.0 Å². The fourth-order valence-corrected chi connectivity index (χ4v) is 4.90. The normalized spacial score (nSPS) is 26.9. The predicted octanol–water partition coefficient (Wildman–Crippen LogP) is 1.28. The fourth-order valence-electron chi connectivity index (χ4n) is 3.56. The maximum Gasteiger partial charge on any atom is 0.151 e. The van der Waals surface area contributed by atoms with E-state index in [9.17, 15) is 8.42 Å². The SMILES string of the molecule is CCCS(=O)(=O)CCN1CCCC1C1CCNCC1. The summed E-state index contributed by atoms with van der Waals surface area (Å²) >= 11 is 0. The molecule has 1 unspecified atom stereocenters. The molecule has 112 valence electrons. The van der Waals surface area contributed by atoms with Crippen molar-refractivity contribution in [1.82, 2.24) is 10.2 Å². The van der Waals surface area contributed by atoms with Crippen LogP contribution in [0, 0.1) is 5.92 Å². The lowest BCUT2D eigenvalue weighted by atomic mass is 9.89. The monoisotopic (exact) mass is 288 g/mol. The van der Waals surface area contributed by atoms with Crippen molar-refractivity contribution in [2.75, 3.05) is 37.7 Å². The molecule has 0 bridgehead atoms. The summed E-state index contributed by atoms with van der Waals surface area (Å²) in [4.78, 5) is 2.45. The third kappa shape index (κ3) is 4.43. The average molecular weight is 288 g/mol. The van der Waals surface area contributed by atoms with Gasteiger partial charge in [0.15, 0.2) is 9.84 Å². The molecule has 2 heterocycles. The topological polar surface area (TPSA) is 49.4 Å². The summed E-state index contributed by atoms with van der Waals surface area (Å²) in [6.07, 6.45) is 5.74. The Balaban J connectivity index is 1.85. The van der Waals surface area contributed by atoms with Crippen LogP contribution >= 0.6 is 0 Å². The first kappa shape index (κ1) is 15.3. The second kappa shape index (κ2) is 7.04.